The summed E-state index contributed by atoms with van der Waals surface area (Å²) < 4.78 is 3.53. The van der Waals surface area contributed by atoms with Gasteiger partial charge in [0.05, 0.1) is 16.7 Å². The summed E-state index contributed by atoms with van der Waals surface area (Å²) in [6.45, 7) is 2.60. The molecule has 2 aromatic heterocycles. The van der Waals surface area contributed by atoms with Gasteiger partial charge in [0, 0.05) is 12.6 Å². The molecule has 7 nitrogen and oxygen atoms in total. The molecule has 1 saturated carbocycles. The molecule has 0 unspecified atom stereocenters. The maximum atomic E-state index is 12.7. The summed E-state index contributed by atoms with van der Waals surface area (Å²) >= 11 is 1.34. The molecule has 1 fully saturated rings. The molecule has 1 aliphatic carbocycles. The van der Waals surface area contributed by atoms with E-state index in [1.165, 1.54) is 11.8 Å². The van der Waals surface area contributed by atoms with Crippen molar-refractivity contribution in [3.8, 4) is 0 Å². The smallest absolute Gasteiger partial charge is 0.262 e. The van der Waals surface area contributed by atoms with Gasteiger partial charge in [0.1, 0.15) is 0 Å². The van der Waals surface area contributed by atoms with Gasteiger partial charge in [-0.2, -0.15) is 0 Å². The third kappa shape index (κ3) is 3.02. The van der Waals surface area contributed by atoms with Crippen molar-refractivity contribution >= 4 is 34.3 Å². The maximum Gasteiger partial charge on any atom is 0.262 e. The Labute approximate surface area is 148 Å². The van der Waals surface area contributed by atoms with E-state index in [0.29, 0.717) is 34.7 Å². The molecule has 4 rings (SSSR count). The lowest BCUT2D eigenvalue weighted by Gasteiger charge is -2.10. The Kier molecular flexibility index (Phi) is 4.20. The third-order valence-corrected chi connectivity index (χ3v) is 5.13. The zero-order valence-corrected chi connectivity index (χ0v) is 14.8. The van der Waals surface area contributed by atoms with Crippen LogP contribution in [0.5, 0.6) is 0 Å². The highest BCUT2D eigenvalue weighted by Crippen LogP contribution is 2.23. The van der Waals surface area contributed by atoms with Gasteiger partial charge in [-0.3, -0.25) is 18.6 Å². The van der Waals surface area contributed by atoms with Gasteiger partial charge in [-0.15, -0.1) is 10.2 Å². The highest BCUT2D eigenvalue weighted by Gasteiger charge is 2.23. The average Bonchev–Trinajstić information content (AvgIpc) is 3.33. The van der Waals surface area contributed by atoms with Crippen molar-refractivity contribution in [2.45, 2.75) is 43.9 Å². The minimum Gasteiger partial charge on any atom is -0.353 e. The van der Waals surface area contributed by atoms with Crippen LogP contribution in [0, 0.1) is 0 Å². The minimum atomic E-state index is -0.0552. The Morgan fingerprint density at radius 2 is 2.12 bits per heavy atom. The minimum absolute atomic E-state index is 0.00966. The van der Waals surface area contributed by atoms with Crippen LogP contribution in [0.2, 0.25) is 0 Å². The molecule has 25 heavy (non-hydrogen) atoms. The zero-order chi connectivity index (χ0) is 17.4. The van der Waals surface area contributed by atoms with Crippen LogP contribution in [-0.2, 0) is 11.3 Å². The van der Waals surface area contributed by atoms with Crippen molar-refractivity contribution in [3.63, 3.8) is 0 Å². The molecular formula is C17H19N5O2S. The topological polar surface area (TPSA) is 81.3 Å². The number of amides is 1. The molecule has 0 saturated heterocycles. The van der Waals surface area contributed by atoms with Crippen molar-refractivity contribution in [2.24, 2.45) is 0 Å². The van der Waals surface area contributed by atoms with Crippen LogP contribution in [-0.4, -0.2) is 36.9 Å². The summed E-state index contributed by atoms with van der Waals surface area (Å²) in [5.41, 5.74) is 0.713. The Morgan fingerprint density at radius 1 is 1.32 bits per heavy atom. The number of hydrogen-bond donors (Lipinski definition) is 1. The summed E-state index contributed by atoms with van der Waals surface area (Å²) in [6.07, 6.45) is 2.96. The molecular weight excluding hydrogens is 338 g/mol. The molecule has 0 aliphatic heterocycles. The number of thioether (sulfide) groups is 1. The van der Waals surface area contributed by atoms with Crippen molar-refractivity contribution in [1.82, 2.24) is 24.5 Å². The van der Waals surface area contributed by atoms with Gasteiger partial charge < -0.3 is 5.32 Å². The van der Waals surface area contributed by atoms with Gasteiger partial charge >= 0.3 is 0 Å². The number of carbonyl (C=O) groups excluding carboxylic acids is 1. The third-order valence-electron chi connectivity index (χ3n) is 4.20. The molecule has 0 spiro atoms. The van der Waals surface area contributed by atoms with Crippen molar-refractivity contribution in [3.05, 3.63) is 34.6 Å². The Morgan fingerprint density at radius 3 is 2.88 bits per heavy atom. The monoisotopic (exact) mass is 357 g/mol. The van der Waals surface area contributed by atoms with Gasteiger partial charge in [0.2, 0.25) is 11.7 Å². The predicted octanol–water partition coefficient (Wildman–Crippen LogP) is 1.82. The molecule has 3 aromatic rings. The van der Waals surface area contributed by atoms with E-state index < -0.39 is 0 Å². The molecule has 1 amide bonds. The molecule has 130 valence electrons. The van der Waals surface area contributed by atoms with Gasteiger partial charge in [-0.1, -0.05) is 30.8 Å². The molecule has 0 bridgehead atoms. The second-order valence-corrected chi connectivity index (χ2v) is 7.16. The van der Waals surface area contributed by atoms with E-state index in [0.717, 1.165) is 24.8 Å². The van der Waals surface area contributed by atoms with E-state index in [4.69, 9.17) is 0 Å². The second-order valence-electron chi connectivity index (χ2n) is 6.22. The standard InChI is InChI=1S/C17H19N5O2S/c1-2-9-21-15(24)12-5-3-4-6-13(12)22-16(21)19-20-17(22)25-10-14(23)18-11-7-8-11/h3-6,11H,2,7-10H2,1H3,(H,18,23). The van der Waals surface area contributed by atoms with Crippen LogP contribution in [0.25, 0.3) is 16.7 Å². The zero-order valence-electron chi connectivity index (χ0n) is 13.9. The number of aryl methyl sites for hydroxylation is 1. The van der Waals surface area contributed by atoms with Crippen LogP contribution >= 0.6 is 11.8 Å². The first-order valence-corrected chi connectivity index (χ1v) is 9.46. The first-order valence-electron chi connectivity index (χ1n) is 8.48. The first kappa shape index (κ1) is 16.1. The van der Waals surface area contributed by atoms with Crippen LogP contribution in [0.1, 0.15) is 26.2 Å². The largest absolute Gasteiger partial charge is 0.353 e. The molecule has 1 N–H and O–H groups in total. The summed E-state index contributed by atoms with van der Waals surface area (Å²) in [6, 6.07) is 7.79. The highest BCUT2D eigenvalue weighted by atomic mass is 32.2. The van der Waals surface area contributed by atoms with E-state index >= 15 is 0 Å². The number of hydrogen-bond acceptors (Lipinski definition) is 5. The van der Waals surface area contributed by atoms with E-state index in [2.05, 4.69) is 15.5 Å². The number of benzene rings is 1. The lowest BCUT2D eigenvalue weighted by molar-refractivity contribution is -0.118. The fourth-order valence-corrected chi connectivity index (χ4v) is 3.63. The van der Waals surface area contributed by atoms with Crippen LogP contribution in [0.3, 0.4) is 0 Å². The highest BCUT2D eigenvalue weighted by molar-refractivity contribution is 7.99. The van der Waals surface area contributed by atoms with Gasteiger partial charge in [-0.05, 0) is 31.4 Å². The number of nitrogens with zero attached hydrogens (tertiary/aromatic N) is 4. The maximum absolute atomic E-state index is 12.7. The fraction of sp³-hybridized carbons (Fsp3) is 0.412. The quantitative estimate of drug-likeness (QED) is 0.681. The number of para-hydroxylation sites is 1. The second kappa shape index (κ2) is 6.51. The number of rotatable bonds is 6. The molecule has 8 heteroatoms. The van der Waals surface area contributed by atoms with E-state index in [1.807, 2.05) is 35.6 Å². The van der Waals surface area contributed by atoms with Crippen LogP contribution in [0.15, 0.2) is 34.2 Å². The predicted molar refractivity (Wildman–Crippen MR) is 96.9 cm³/mol. The molecule has 2 heterocycles. The van der Waals surface area contributed by atoms with Crippen molar-refractivity contribution < 1.29 is 4.79 Å². The van der Waals surface area contributed by atoms with Gasteiger partial charge in [0.25, 0.3) is 5.56 Å². The van der Waals surface area contributed by atoms with Gasteiger partial charge in [-0.25, -0.2) is 0 Å². The van der Waals surface area contributed by atoms with E-state index in [-0.39, 0.29) is 11.5 Å². The summed E-state index contributed by atoms with van der Waals surface area (Å²) in [5, 5.41) is 12.7. The van der Waals surface area contributed by atoms with Crippen molar-refractivity contribution in [1.29, 1.82) is 0 Å². The molecule has 0 atom stereocenters. The number of aromatic nitrogens is 4. The first-order chi connectivity index (χ1) is 12.2. The molecule has 1 aromatic carbocycles. The lowest BCUT2D eigenvalue weighted by atomic mass is 10.2. The fourth-order valence-electron chi connectivity index (χ4n) is 2.88. The van der Waals surface area contributed by atoms with Crippen molar-refractivity contribution in [2.75, 3.05) is 5.75 Å². The van der Waals surface area contributed by atoms with Gasteiger partial charge in [0.15, 0.2) is 5.16 Å². The Bertz CT molecular complexity index is 1010. The van der Waals surface area contributed by atoms with E-state index in [1.54, 1.807) is 4.57 Å². The molecule has 0 radical (unpaired) electrons. The normalized spacial score (nSPS) is 14.3. The number of fused-ring (bicyclic) bond motifs is 3. The Balaban J connectivity index is 1.77. The lowest BCUT2D eigenvalue weighted by Crippen LogP contribution is -2.27. The number of carbonyl (C=O) groups is 1. The summed E-state index contributed by atoms with van der Waals surface area (Å²) in [5.74, 6) is 0.824. The average molecular weight is 357 g/mol. The SMILES string of the molecule is CCCn1c(=O)c2ccccc2n2c(SCC(=O)NC3CC3)nnc12. The summed E-state index contributed by atoms with van der Waals surface area (Å²) in [4.78, 5) is 24.7. The van der Waals surface area contributed by atoms with Crippen LogP contribution < -0.4 is 10.9 Å². The summed E-state index contributed by atoms with van der Waals surface area (Å²) in [7, 11) is 0. The van der Waals surface area contributed by atoms with E-state index in [9.17, 15) is 9.59 Å². The molecule has 1 aliphatic rings. The van der Waals surface area contributed by atoms with Crippen LogP contribution in [0.4, 0.5) is 0 Å². The number of nitrogens with one attached hydrogen (secondary N) is 1. The Hall–Kier alpha value is -2.35.